The fraction of sp³-hybridized carbons (Fsp3) is 0.308. The lowest BCUT2D eigenvalue weighted by atomic mass is 10.2. The van der Waals surface area contributed by atoms with E-state index in [1.165, 1.54) is 6.33 Å². The van der Waals surface area contributed by atoms with Crippen molar-refractivity contribution in [2.45, 2.75) is 6.42 Å². The standard InChI is InChI=1S/C13H13ClN4O/c14-9-1-2-10-11(7-9)16-8-17-13(10)18-5-3-12(19)15-4-6-18/h1-2,7-8H,3-6H2,(H,15,19). The van der Waals surface area contributed by atoms with Crippen molar-refractivity contribution in [3.8, 4) is 0 Å². The van der Waals surface area contributed by atoms with E-state index in [9.17, 15) is 4.79 Å². The molecule has 1 saturated heterocycles. The zero-order valence-electron chi connectivity index (χ0n) is 10.3. The van der Waals surface area contributed by atoms with Crippen molar-refractivity contribution in [1.29, 1.82) is 0 Å². The first-order valence-corrected chi connectivity index (χ1v) is 6.54. The number of fused-ring (bicyclic) bond motifs is 1. The third-order valence-electron chi connectivity index (χ3n) is 3.19. The molecule has 19 heavy (non-hydrogen) atoms. The summed E-state index contributed by atoms with van der Waals surface area (Å²) in [6.07, 6.45) is 2.02. The minimum absolute atomic E-state index is 0.0870. The predicted molar refractivity (Wildman–Crippen MR) is 74.4 cm³/mol. The second-order valence-electron chi connectivity index (χ2n) is 4.45. The number of amides is 1. The van der Waals surface area contributed by atoms with Crippen molar-refractivity contribution in [1.82, 2.24) is 15.3 Å². The lowest BCUT2D eigenvalue weighted by molar-refractivity contribution is -0.120. The van der Waals surface area contributed by atoms with Gasteiger partial charge in [-0.15, -0.1) is 0 Å². The summed E-state index contributed by atoms with van der Waals surface area (Å²) in [6.45, 7) is 2.05. The van der Waals surface area contributed by atoms with Crippen LogP contribution in [0.3, 0.4) is 0 Å². The van der Waals surface area contributed by atoms with E-state index in [0.29, 0.717) is 24.5 Å². The van der Waals surface area contributed by atoms with Gasteiger partial charge in [-0.2, -0.15) is 0 Å². The van der Waals surface area contributed by atoms with Gasteiger partial charge in [0.1, 0.15) is 12.1 Å². The van der Waals surface area contributed by atoms with Gasteiger partial charge in [-0.1, -0.05) is 11.6 Å². The zero-order valence-corrected chi connectivity index (χ0v) is 11.0. The van der Waals surface area contributed by atoms with Gasteiger partial charge in [0.05, 0.1) is 5.52 Å². The lowest BCUT2D eigenvalue weighted by Gasteiger charge is -2.21. The monoisotopic (exact) mass is 276 g/mol. The van der Waals surface area contributed by atoms with E-state index < -0.39 is 0 Å². The van der Waals surface area contributed by atoms with Crippen LogP contribution in [-0.4, -0.2) is 35.5 Å². The molecule has 1 amide bonds. The van der Waals surface area contributed by atoms with Gasteiger partial charge in [-0.05, 0) is 18.2 Å². The van der Waals surface area contributed by atoms with Gasteiger partial charge in [-0.3, -0.25) is 4.79 Å². The Morgan fingerprint density at radius 1 is 1.26 bits per heavy atom. The highest BCUT2D eigenvalue weighted by Gasteiger charge is 2.17. The average Bonchev–Trinajstić information content (AvgIpc) is 2.62. The van der Waals surface area contributed by atoms with Crippen molar-refractivity contribution in [3.05, 3.63) is 29.5 Å². The van der Waals surface area contributed by atoms with Crippen molar-refractivity contribution in [2.75, 3.05) is 24.5 Å². The molecule has 6 heteroatoms. The molecule has 0 atom stereocenters. The van der Waals surface area contributed by atoms with Gasteiger partial charge in [0, 0.05) is 36.5 Å². The van der Waals surface area contributed by atoms with Crippen LogP contribution in [0.15, 0.2) is 24.5 Å². The normalized spacial score (nSPS) is 16.3. The number of nitrogens with one attached hydrogen (secondary N) is 1. The maximum atomic E-state index is 11.4. The Hall–Kier alpha value is -1.88. The number of benzene rings is 1. The summed E-state index contributed by atoms with van der Waals surface area (Å²) in [5.74, 6) is 0.946. The minimum Gasteiger partial charge on any atom is -0.354 e. The topological polar surface area (TPSA) is 58.1 Å². The quantitative estimate of drug-likeness (QED) is 0.860. The number of hydrogen-bond acceptors (Lipinski definition) is 4. The molecule has 0 spiro atoms. The maximum Gasteiger partial charge on any atom is 0.221 e. The molecule has 2 aromatic rings. The molecule has 0 saturated carbocycles. The zero-order chi connectivity index (χ0) is 13.2. The van der Waals surface area contributed by atoms with E-state index in [2.05, 4.69) is 20.2 Å². The summed E-state index contributed by atoms with van der Waals surface area (Å²) in [7, 11) is 0. The molecule has 0 unspecified atom stereocenters. The van der Waals surface area contributed by atoms with Crippen LogP contribution < -0.4 is 10.2 Å². The molecule has 5 nitrogen and oxygen atoms in total. The number of carbonyl (C=O) groups is 1. The molecule has 1 fully saturated rings. The van der Waals surface area contributed by atoms with Crippen LogP contribution in [0.1, 0.15) is 6.42 Å². The molecule has 3 rings (SSSR count). The Kier molecular flexibility index (Phi) is 3.21. The summed E-state index contributed by atoms with van der Waals surface area (Å²) in [5, 5.41) is 4.47. The Bertz CT molecular complexity index is 631. The van der Waals surface area contributed by atoms with E-state index in [1.54, 1.807) is 0 Å². The number of nitrogens with zero attached hydrogens (tertiary/aromatic N) is 3. The maximum absolute atomic E-state index is 11.4. The van der Waals surface area contributed by atoms with E-state index in [0.717, 1.165) is 23.3 Å². The molecule has 1 aliphatic rings. The highest BCUT2D eigenvalue weighted by Crippen LogP contribution is 2.25. The summed E-state index contributed by atoms with van der Waals surface area (Å²) in [6, 6.07) is 5.58. The number of halogens is 1. The molecule has 1 aromatic heterocycles. The van der Waals surface area contributed by atoms with Crippen LogP contribution in [0.5, 0.6) is 0 Å². The van der Waals surface area contributed by atoms with Crippen molar-refractivity contribution < 1.29 is 4.79 Å². The number of carbonyl (C=O) groups excluding carboxylic acids is 1. The summed E-state index contributed by atoms with van der Waals surface area (Å²) in [4.78, 5) is 22.1. The van der Waals surface area contributed by atoms with Gasteiger partial charge in [0.25, 0.3) is 0 Å². The molecular formula is C13H13ClN4O. The van der Waals surface area contributed by atoms with E-state index in [-0.39, 0.29) is 5.91 Å². The molecule has 0 aliphatic carbocycles. The first-order chi connectivity index (χ1) is 9.24. The van der Waals surface area contributed by atoms with Gasteiger partial charge in [0.2, 0.25) is 5.91 Å². The number of anilines is 1. The van der Waals surface area contributed by atoms with Crippen molar-refractivity contribution in [2.24, 2.45) is 0 Å². The first-order valence-electron chi connectivity index (χ1n) is 6.16. The van der Waals surface area contributed by atoms with Gasteiger partial charge in [-0.25, -0.2) is 9.97 Å². The summed E-state index contributed by atoms with van der Waals surface area (Å²) < 4.78 is 0. The molecular weight excluding hydrogens is 264 g/mol. The van der Waals surface area contributed by atoms with E-state index in [4.69, 9.17) is 11.6 Å². The molecule has 1 aromatic carbocycles. The molecule has 0 bridgehead atoms. The predicted octanol–water partition coefficient (Wildman–Crippen LogP) is 1.61. The molecule has 0 radical (unpaired) electrons. The lowest BCUT2D eigenvalue weighted by Crippen LogP contribution is -2.29. The average molecular weight is 277 g/mol. The highest BCUT2D eigenvalue weighted by atomic mass is 35.5. The molecule has 1 N–H and O–H groups in total. The third kappa shape index (κ3) is 2.46. The minimum atomic E-state index is 0.0870. The smallest absolute Gasteiger partial charge is 0.221 e. The van der Waals surface area contributed by atoms with Crippen LogP contribution in [-0.2, 0) is 4.79 Å². The third-order valence-corrected chi connectivity index (χ3v) is 3.42. The SMILES string of the molecule is O=C1CCN(c2ncnc3cc(Cl)ccc23)CCN1. The Balaban J connectivity index is 2.02. The number of rotatable bonds is 1. The Labute approximate surface area is 115 Å². The van der Waals surface area contributed by atoms with Gasteiger partial charge >= 0.3 is 0 Å². The molecule has 2 heterocycles. The Morgan fingerprint density at radius 2 is 2.16 bits per heavy atom. The second kappa shape index (κ2) is 5.01. The summed E-state index contributed by atoms with van der Waals surface area (Å²) in [5.41, 5.74) is 0.820. The van der Waals surface area contributed by atoms with E-state index in [1.807, 2.05) is 18.2 Å². The van der Waals surface area contributed by atoms with Crippen LogP contribution in [0.4, 0.5) is 5.82 Å². The summed E-state index contributed by atoms with van der Waals surface area (Å²) >= 11 is 5.97. The number of aromatic nitrogens is 2. The van der Waals surface area contributed by atoms with Gasteiger partial charge in [0.15, 0.2) is 0 Å². The van der Waals surface area contributed by atoms with Crippen LogP contribution in [0.2, 0.25) is 5.02 Å². The largest absolute Gasteiger partial charge is 0.354 e. The Morgan fingerprint density at radius 3 is 3.05 bits per heavy atom. The fourth-order valence-electron chi connectivity index (χ4n) is 2.25. The van der Waals surface area contributed by atoms with Crippen LogP contribution in [0.25, 0.3) is 10.9 Å². The van der Waals surface area contributed by atoms with Crippen molar-refractivity contribution in [3.63, 3.8) is 0 Å². The highest BCUT2D eigenvalue weighted by molar-refractivity contribution is 6.31. The van der Waals surface area contributed by atoms with Crippen molar-refractivity contribution >= 4 is 34.2 Å². The molecule has 98 valence electrons. The number of hydrogen-bond donors (Lipinski definition) is 1. The van der Waals surface area contributed by atoms with Gasteiger partial charge < -0.3 is 10.2 Å². The van der Waals surface area contributed by atoms with Crippen LogP contribution >= 0.6 is 11.6 Å². The van der Waals surface area contributed by atoms with E-state index >= 15 is 0 Å². The van der Waals surface area contributed by atoms with Crippen LogP contribution in [0, 0.1) is 0 Å². The fourth-order valence-corrected chi connectivity index (χ4v) is 2.41. The molecule has 1 aliphatic heterocycles. The second-order valence-corrected chi connectivity index (χ2v) is 4.88. The first kappa shape index (κ1) is 12.2.